The topological polar surface area (TPSA) is 107 Å². The van der Waals surface area contributed by atoms with Gasteiger partial charge in [0.15, 0.2) is 0 Å². The largest absolute Gasteiger partial charge is 0.493 e. The van der Waals surface area contributed by atoms with Crippen LogP contribution in [-0.2, 0) is 14.2 Å². The molecule has 0 spiro atoms. The van der Waals surface area contributed by atoms with E-state index >= 15 is 0 Å². The van der Waals surface area contributed by atoms with Crippen LogP contribution < -0.4 is 14.2 Å². The zero-order valence-corrected chi connectivity index (χ0v) is 30.2. The number of alkyl halides is 1. The Morgan fingerprint density at radius 2 is 0.833 bits per heavy atom. The van der Waals surface area contributed by atoms with Crippen molar-refractivity contribution in [3.63, 3.8) is 0 Å². The fourth-order valence-corrected chi connectivity index (χ4v) is 4.55. The molecule has 3 aromatic rings. The van der Waals surface area contributed by atoms with Gasteiger partial charge in [-0.25, -0.2) is 14.4 Å². The molecule has 10 heteroatoms. The molecule has 0 atom stereocenters. The predicted molar refractivity (Wildman–Crippen MR) is 187 cm³/mol. The van der Waals surface area contributed by atoms with Gasteiger partial charge >= 0.3 is 17.9 Å². The minimum atomic E-state index is -0.767. The van der Waals surface area contributed by atoms with E-state index < -0.39 is 23.3 Å². The molecule has 0 N–H and O–H groups in total. The zero-order valence-electron chi connectivity index (χ0n) is 28.7. The quantitative estimate of drug-likeness (QED) is 0.0689. The molecule has 0 amide bonds. The predicted octanol–water partition coefficient (Wildman–Crippen LogP) is 8.04. The maximum Gasteiger partial charge on any atom is 0.338 e. The highest BCUT2D eigenvalue weighted by Crippen LogP contribution is 2.28. The lowest BCUT2D eigenvalue weighted by Crippen LogP contribution is -2.42. The number of rotatable bonds is 19. The average molecular weight is 728 g/mol. The van der Waals surface area contributed by atoms with Crippen LogP contribution in [0, 0.1) is 23.2 Å². The van der Waals surface area contributed by atoms with Crippen LogP contribution >= 0.6 is 15.9 Å². The smallest absolute Gasteiger partial charge is 0.338 e. The van der Waals surface area contributed by atoms with Crippen molar-refractivity contribution >= 4 is 33.8 Å². The molecule has 0 bridgehead atoms. The molecular weight excluding hydrogens is 680 g/mol. The first-order valence-corrected chi connectivity index (χ1v) is 17.3. The van der Waals surface area contributed by atoms with Crippen molar-refractivity contribution in [2.75, 3.05) is 45.0 Å². The van der Waals surface area contributed by atoms with E-state index in [1.807, 2.05) is 41.5 Å². The van der Waals surface area contributed by atoms with Gasteiger partial charge in [0.1, 0.15) is 37.1 Å². The Morgan fingerprint density at radius 1 is 0.542 bits per heavy atom. The summed E-state index contributed by atoms with van der Waals surface area (Å²) in [6.45, 7) is 13.2. The molecular formula is C38H47BrO9. The number of benzene rings is 3. The van der Waals surface area contributed by atoms with E-state index in [1.165, 1.54) is 0 Å². The van der Waals surface area contributed by atoms with Gasteiger partial charge in [0.25, 0.3) is 0 Å². The monoisotopic (exact) mass is 726 g/mol. The third-order valence-electron chi connectivity index (χ3n) is 6.77. The van der Waals surface area contributed by atoms with Gasteiger partial charge in [-0.2, -0.15) is 0 Å². The number of carbonyl (C=O) groups is 3. The SMILES string of the molecule is CC(C)COC(=O)c1cccc(OCC(CBr)(COc2cccc(C(=O)OCC(C)C)c2)COc2cccc(C(=O)OCC(C)C)c2)c1. The first kappa shape index (κ1) is 38.4. The van der Waals surface area contributed by atoms with E-state index in [9.17, 15) is 14.4 Å². The molecule has 0 aliphatic rings. The Balaban J connectivity index is 1.80. The number of carbonyl (C=O) groups excluding carboxylic acids is 3. The Bertz CT molecular complexity index is 1310. The van der Waals surface area contributed by atoms with Crippen LogP contribution in [-0.4, -0.2) is 62.9 Å². The van der Waals surface area contributed by atoms with E-state index in [1.54, 1.807) is 72.8 Å². The Hall–Kier alpha value is -4.05. The summed E-state index contributed by atoms with van der Waals surface area (Å²) in [5.74, 6) is 0.794. The molecule has 48 heavy (non-hydrogen) atoms. The zero-order chi connectivity index (χ0) is 35.1. The summed E-state index contributed by atoms with van der Waals surface area (Å²) in [6, 6.07) is 20.4. The molecule has 3 rings (SSSR count). The highest BCUT2D eigenvalue weighted by molar-refractivity contribution is 9.09. The van der Waals surface area contributed by atoms with Crippen LogP contribution in [0.3, 0.4) is 0 Å². The standard InChI is InChI=1S/C38H47BrO9/c1-26(2)19-43-35(40)29-10-7-13-32(16-29)46-23-38(22-39,24-47-33-14-8-11-30(17-33)36(41)44-20-27(3)4)25-48-34-15-9-12-31(18-34)37(42)45-21-28(5)6/h7-18,26-28H,19-25H2,1-6H3. The first-order valence-electron chi connectivity index (χ1n) is 16.2. The van der Waals surface area contributed by atoms with Crippen molar-refractivity contribution in [1.82, 2.24) is 0 Å². The van der Waals surface area contributed by atoms with Crippen molar-refractivity contribution in [1.29, 1.82) is 0 Å². The van der Waals surface area contributed by atoms with E-state index in [0.29, 0.717) is 59.1 Å². The van der Waals surface area contributed by atoms with E-state index in [-0.39, 0.29) is 37.6 Å². The van der Waals surface area contributed by atoms with Gasteiger partial charge < -0.3 is 28.4 Å². The molecule has 0 saturated carbocycles. The minimum absolute atomic E-state index is 0.134. The molecule has 0 heterocycles. The number of hydrogen-bond acceptors (Lipinski definition) is 9. The second-order valence-corrected chi connectivity index (χ2v) is 13.6. The van der Waals surface area contributed by atoms with Crippen molar-refractivity contribution in [2.45, 2.75) is 41.5 Å². The van der Waals surface area contributed by atoms with Crippen molar-refractivity contribution < 1.29 is 42.8 Å². The first-order chi connectivity index (χ1) is 22.9. The maximum absolute atomic E-state index is 12.6. The molecule has 0 fully saturated rings. The van der Waals surface area contributed by atoms with E-state index in [0.717, 1.165) is 0 Å². The summed E-state index contributed by atoms with van der Waals surface area (Å²) in [4.78, 5) is 37.8. The fourth-order valence-electron chi connectivity index (χ4n) is 4.07. The lowest BCUT2D eigenvalue weighted by molar-refractivity contribution is 0.0450. The molecule has 0 radical (unpaired) electrons. The van der Waals surface area contributed by atoms with Crippen LogP contribution in [0.4, 0.5) is 0 Å². The Kier molecular flexibility index (Phi) is 15.3. The summed E-state index contributed by atoms with van der Waals surface area (Å²) in [6.07, 6.45) is 0. The summed E-state index contributed by atoms with van der Waals surface area (Å²) < 4.78 is 34.9. The average Bonchev–Trinajstić information content (AvgIpc) is 3.08. The molecule has 0 aliphatic heterocycles. The normalized spacial score (nSPS) is 11.4. The lowest BCUT2D eigenvalue weighted by atomic mass is 9.94. The lowest BCUT2D eigenvalue weighted by Gasteiger charge is -2.31. The van der Waals surface area contributed by atoms with Crippen molar-refractivity contribution in [2.24, 2.45) is 23.2 Å². The van der Waals surface area contributed by atoms with Gasteiger partial charge in [0.05, 0.1) is 41.9 Å². The van der Waals surface area contributed by atoms with Crippen molar-refractivity contribution in [3.8, 4) is 17.2 Å². The fraction of sp³-hybridized carbons (Fsp3) is 0.447. The van der Waals surface area contributed by atoms with Gasteiger partial charge in [-0.1, -0.05) is 75.7 Å². The second-order valence-electron chi connectivity index (χ2n) is 13.1. The number of ether oxygens (including phenoxy) is 6. The summed E-state index contributed by atoms with van der Waals surface area (Å²) in [5, 5.41) is 0.405. The number of hydrogen-bond donors (Lipinski definition) is 0. The molecule has 0 saturated heterocycles. The highest BCUT2D eigenvalue weighted by Gasteiger charge is 2.33. The van der Waals surface area contributed by atoms with Gasteiger partial charge in [0.2, 0.25) is 0 Å². The third kappa shape index (κ3) is 12.9. The molecule has 0 aliphatic carbocycles. The molecule has 9 nitrogen and oxygen atoms in total. The molecule has 3 aromatic carbocycles. The maximum atomic E-state index is 12.6. The summed E-state index contributed by atoms with van der Waals surface area (Å²) in [7, 11) is 0. The second kappa shape index (κ2) is 19.1. The minimum Gasteiger partial charge on any atom is -0.493 e. The van der Waals surface area contributed by atoms with Crippen LogP contribution in [0.5, 0.6) is 17.2 Å². The molecule has 260 valence electrons. The highest BCUT2D eigenvalue weighted by atomic mass is 79.9. The van der Waals surface area contributed by atoms with Crippen LogP contribution in [0.15, 0.2) is 72.8 Å². The summed E-state index contributed by atoms with van der Waals surface area (Å²) >= 11 is 3.65. The van der Waals surface area contributed by atoms with Gasteiger partial charge in [-0.05, 0) is 72.4 Å². The third-order valence-corrected chi connectivity index (χ3v) is 7.96. The molecule has 0 unspecified atom stereocenters. The summed E-state index contributed by atoms with van der Waals surface area (Å²) in [5.41, 5.74) is 0.378. The number of halogens is 1. The van der Waals surface area contributed by atoms with Crippen LogP contribution in [0.2, 0.25) is 0 Å². The van der Waals surface area contributed by atoms with Gasteiger partial charge in [-0.15, -0.1) is 0 Å². The Morgan fingerprint density at radius 3 is 1.08 bits per heavy atom. The van der Waals surface area contributed by atoms with E-state index in [4.69, 9.17) is 28.4 Å². The van der Waals surface area contributed by atoms with Crippen LogP contribution in [0.1, 0.15) is 72.6 Å². The number of esters is 3. The van der Waals surface area contributed by atoms with Gasteiger partial charge in [-0.3, -0.25) is 0 Å². The molecule has 0 aromatic heterocycles. The van der Waals surface area contributed by atoms with Crippen molar-refractivity contribution in [3.05, 3.63) is 89.5 Å². The van der Waals surface area contributed by atoms with Crippen LogP contribution in [0.25, 0.3) is 0 Å². The van der Waals surface area contributed by atoms with E-state index in [2.05, 4.69) is 15.9 Å². The van der Waals surface area contributed by atoms with Gasteiger partial charge in [0, 0.05) is 5.33 Å². The Labute approximate surface area is 292 Å².